The summed E-state index contributed by atoms with van der Waals surface area (Å²) in [5.41, 5.74) is 2.78. The van der Waals surface area contributed by atoms with Crippen molar-refractivity contribution in [2.45, 2.75) is 37.4 Å². The fourth-order valence-electron chi connectivity index (χ4n) is 4.39. The molecular weight excluding hydrogens is 425 g/mol. The Bertz CT molecular complexity index is 1070. The Kier molecular flexibility index (Phi) is 6.83. The average Bonchev–Trinajstić information content (AvgIpc) is 3.48. The molecule has 1 aromatic heterocycles. The third kappa shape index (κ3) is 5.11. The number of carbonyl (C=O) groups is 1. The molecule has 3 unspecified atom stereocenters. The van der Waals surface area contributed by atoms with E-state index in [9.17, 15) is 9.18 Å². The molecule has 2 amide bonds. The minimum atomic E-state index is -0.278. The Morgan fingerprint density at radius 2 is 1.94 bits per heavy atom. The molecule has 0 saturated heterocycles. The zero-order chi connectivity index (χ0) is 23.4. The molecule has 0 aliphatic heterocycles. The van der Waals surface area contributed by atoms with Crippen molar-refractivity contribution in [1.29, 1.82) is 0 Å². The second kappa shape index (κ2) is 9.95. The van der Waals surface area contributed by atoms with Gasteiger partial charge >= 0.3 is 6.03 Å². The molecule has 174 valence electrons. The molecular formula is C23H28FN7O2. The number of amides is 2. The molecule has 1 heterocycles. The van der Waals surface area contributed by atoms with Gasteiger partial charge in [-0.2, -0.15) is 0 Å². The van der Waals surface area contributed by atoms with Gasteiger partial charge in [-0.25, -0.2) is 13.9 Å². The summed E-state index contributed by atoms with van der Waals surface area (Å²) in [6, 6.07) is 12.2. The molecule has 1 fully saturated rings. The van der Waals surface area contributed by atoms with Crippen LogP contribution in [0, 0.1) is 5.82 Å². The molecule has 0 radical (unpaired) electrons. The molecule has 9 nitrogen and oxygen atoms in total. The van der Waals surface area contributed by atoms with Gasteiger partial charge in [0.1, 0.15) is 17.9 Å². The van der Waals surface area contributed by atoms with E-state index in [-0.39, 0.29) is 29.8 Å². The second-order valence-corrected chi connectivity index (χ2v) is 8.34. The fraction of sp³-hybridized carbons (Fsp3) is 0.391. The summed E-state index contributed by atoms with van der Waals surface area (Å²) < 4.78 is 20.7. The Balaban J connectivity index is 1.55. The zero-order valence-corrected chi connectivity index (χ0v) is 18.9. The Hall–Kier alpha value is -3.53. The average molecular weight is 454 g/mol. The molecule has 10 heteroatoms. The van der Waals surface area contributed by atoms with E-state index < -0.39 is 0 Å². The molecule has 3 atom stereocenters. The second-order valence-electron chi connectivity index (χ2n) is 8.34. The number of hydrogen-bond donors (Lipinski definition) is 2. The van der Waals surface area contributed by atoms with Crippen molar-refractivity contribution < 1.29 is 13.9 Å². The number of urea groups is 1. The standard InChI is InChI=1S/C23H28FN7O2/c1-30(2)23(32)27-20-10-9-19(22(20)15-4-6-17(24)7-5-15)25-13-16-12-18(8-11-21(16)33-3)31-14-26-28-29-31/h4-8,11-12,14,19-20,22,25H,9-10,13H2,1-3H3,(H,27,32). The summed E-state index contributed by atoms with van der Waals surface area (Å²) in [6.45, 7) is 0.551. The highest BCUT2D eigenvalue weighted by atomic mass is 19.1. The van der Waals surface area contributed by atoms with Crippen LogP contribution in [0.25, 0.3) is 5.69 Å². The van der Waals surface area contributed by atoms with E-state index in [0.717, 1.165) is 35.4 Å². The predicted molar refractivity (Wildman–Crippen MR) is 121 cm³/mol. The summed E-state index contributed by atoms with van der Waals surface area (Å²) in [5.74, 6) is 0.482. The highest BCUT2D eigenvalue weighted by molar-refractivity contribution is 5.74. The number of hydrogen-bond acceptors (Lipinski definition) is 6. The maximum absolute atomic E-state index is 13.6. The van der Waals surface area contributed by atoms with Crippen molar-refractivity contribution in [2.75, 3.05) is 21.2 Å². The van der Waals surface area contributed by atoms with Crippen LogP contribution in [0.4, 0.5) is 9.18 Å². The van der Waals surface area contributed by atoms with Crippen LogP contribution in [0.2, 0.25) is 0 Å². The molecule has 1 aliphatic rings. The van der Waals surface area contributed by atoms with Crippen LogP contribution in [0.5, 0.6) is 5.75 Å². The van der Waals surface area contributed by atoms with Gasteiger partial charge in [0, 0.05) is 44.2 Å². The first kappa shape index (κ1) is 22.7. The number of nitrogens with one attached hydrogen (secondary N) is 2. The van der Waals surface area contributed by atoms with Crippen LogP contribution in [-0.2, 0) is 6.54 Å². The quantitative estimate of drug-likeness (QED) is 0.571. The first-order valence-corrected chi connectivity index (χ1v) is 10.8. The van der Waals surface area contributed by atoms with Crippen LogP contribution in [-0.4, -0.2) is 64.4 Å². The van der Waals surface area contributed by atoms with Crippen molar-refractivity contribution in [3.05, 3.63) is 65.7 Å². The molecule has 1 saturated carbocycles. The van der Waals surface area contributed by atoms with E-state index in [0.29, 0.717) is 6.54 Å². The van der Waals surface area contributed by atoms with Crippen molar-refractivity contribution >= 4 is 6.03 Å². The van der Waals surface area contributed by atoms with Gasteiger partial charge in [0.05, 0.1) is 12.8 Å². The lowest BCUT2D eigenvalue weighted by molar-refractivity contribution is 0.211. The lowest BCUT2D eigenvalue weighted by atomic mass is 9.90. The monoisotopic (exact) mass is 453 g/mol. The molecule has 0 bridgehead atoms. The number of methoxy groups -OCH3 is 1. The van der Waals surface area contributed by atoms with Gasteiger partial charge in [-0.3, -0.25) is 0 Å². The first-order valence-electron chi connectivity index (χ1n) is 10.8. The van der Waals surface area contributed by atoms with Crippen LogP contribution in [0.1, 0.15) is 29.9 Å². The largest absolute Gasteiger partial charge is 0.496 e. The summed E-state index contributed by atoms with van der Waals surface area (Å²) >= 11 is 0. The van der Waals surface area contributed by atoms with Crippen LogP contribution < -0.4 is 15.4 Å². The topological polar surface area (TPSA) is 97.2 Å². The van der Waals surface area contributed by atoms with E-state index in [2.05, 4.69) is 26.2 Å². The van der Waals surface area contributed by atoms with E-state index in [1.165, 1.54) is 17.0 Å². The maximum Gasteiger partial charge on any atom is 0.317 e. The number of carbonyl (C=O) groups excluding carboxylic acids is 1. The molecule has 33 heavy (non-hydrogen) atoms. The SMILES string of the molecule is COc1ccc(-n2cnnn2)cc1CNC1CCC(NC(=O)N(C)C)C1c1ccc(F)cc1. The van der Waals surface area contributed by atoms with E-state index in [1.54, 1.807) is 44.3 Å². The maximum atomic E-state index is 13.6. The Morgan fingerprint density at radius 1 is 1.18 bits per heavy atom. The van der Waals surface area contributed by atoms with Gasteiger partial charge in [0.2, 0.25) is 0 Å². The number of benzene rings is 2. The van der Waals surface area contributed by atoms with Gasteiger partial charge in [-0.15, -0.1) is 5.10 Å². The third-order valence-corrected chi connectivity index (χ3v) is 6.06. The van der Waals surface area contributed by atoms with Crippen LogP contribution in [0.15, 0.2) is 48.8 Å². The Labute approximate surface area is 191 Å². The Morgan fingerprint density at radius 3 is 2.61 bits per heavy atom. The number of nitrogens with zero attached hydrogens (tertiary/aromatic N) is 5. The van der Waals surface area contributed by atoms with Gasteiger partial charge in [-0.05, 0) is 59.2 Å². The van der Waals surface area contributed by atoms with Crippen molar-refractivity contribution in [3.63, 3.8) is 0 Å². The molecule has 2 N–H and O–H groups in total. The summed E-state index contributed by atoms with van der Waals surface area (Å²) in [5, 5.41) is 18.1. The minimum absolute atomic E-state index is 0.00296. The smallest absolute Gasteiger partial charge is 0.317 e. The van der Waals surface area contributed by atoms with Gasteiger partial charge in [0.25, 0.3) is 0 Å². The van der Waals surface area contributed by atoms with Crippen LogP contribution >= 0.6 is 0 Å². The number of aromatic nitrogens is 4. The molecule has 0 spiro atoms. The molecule has 3 aromatic rings. The number of ether oxygens (including phenoxy) is 1. The molecule has 2 aromatic carbocycles. The minimum Gasteiger partial charge on any atom is -0.496 e. The molecule has 4 rings (SSSR count). The summed E-state index contributed by atoms with van der Waals surface area (Å²) in [6.07, 6.45) is 3.23. The van der Waals surface area contributed by atoms with Crippen LogP contribution in [0.3, 0.4) is 0 Å². The number of tetrazole rings is 1. The first-order chi connectivity index (χ1) is 16.0. The third-order valence-electron chi connectivity index (χ3n) is 6.06. The fourth-order valence-corrected chi connectivity index (χ4v) is 4.39. The highest BCUT2D eigenvalue weighted by Crippen LogP contribution is 2.36. The zero-order valence-electron chi connectivity index (χ0n) is 18.9. The van der Waals surface area contributed by atoms with Crippen molar-refractivity contribution in [1.82, 2.24) is 35.7 Å². The van der Waals surface area contributed by atoms with Gasteiger partial charge in [0.15, 0.2) is 0 Å². The van der Waals surface area contributed by atoms with E-state index in [4.69, 9.17) is 4.74 Å². The lowest BCUT2D eigenvalue weighted by Crippen LogP contribution is -2.45. The predicted octanol–water partition coefficient (Wildman–Crippen LogP) is 2.49. The lowest BCUT2D eigenvalue weighted by Gasteiger charge is -2.28. The number of rotatable bonds is 7. The van der Waals surface area contributed by atoms with Gasteiger partial charge < -0.3 is 20.3 Å². The van der Waals surface area contributed by atoms with Crippen molar-refractivity contribution in [2.24, 2.45) is 0 Å². The van der Waals surface area contributed by atoms with E-state index >= 15 is 0 Å². The van der Waals surface area contributed by atoms with Crippen molar-refractivity contribution in [3.8, 4) is 11.4 Å². The summed E-state index contributed by atoms with van der Waals surface area (Å²) in [7, 11) is 5.08. The molecule has 1 aliphatic carbocycles. The highest BCUT2D eigenvalue weighted by Gasteiger charge is 2.38. The normalized spacial score (nSPS) is 19.9. The van der Waals surface area contributed by atoms with Gasteiger partial charge in [-0.1, -0.05) is 12.1 Å². The number of halogens is 1. The van der Waals surface area contributed by atoms with E-state index in [1.807, 2.05) is 18.2 Å². The summed E-state index contributed by atoms with van der Waals surface area (Å²) in [4.78, 5) is 13.9.